The van der Waals surface area contributed by atoms with Gasteiger partial charge < -0.3 is 10.1 Å². The number of carbonyl (C=O) groups excluding carboxylic acids is 1. The molecule has 1 rings (SSSR count). The molecule has 0 saturated carbocycles. The standard InChI is InChI=1S/C14H21NO2/c1-4-12(3)15-14(16)9-10-17-13-7-5-11(2)6-8-13/h5-8,12H,4,9-10H2,1-3H3,(H,15,16)/t12-/m1/s1. The first-order valence-corrected chi connectivity index (χ1v) is 6.10. The number of benzene rings is 1. The van der Waals surface area contributed by atoms with Crippen LogP contribution in [0.25, 0.3) is 0 Å². The molecule has 0 spiro atoms. The summed E-state index contributed by atoms with van der Waals surface area (Å²) in [5, 5.41) is 2.91. The van der Waals surface area contributed by atoms with Gasteiger partial charge in [-0.1, -0.05) is 24.6 Å². The quantitative estimate of drug-likeness (QED) is 0.823. The summed E-state index contributed by atoms with van der Waals surface area (Å²) in [7, 11) is 0. The largest absolute Gasteiger partial charge is 0.493 e. The van der Waals surface area contributed by atoms with Crippen LogP contribution in [0.5, 0.6) is 5.75 Å². The lowest BCUT2D eigenvalue weighted by Crippen LogP contribution is -2.32. The Balaban J connectivity index is 2.23. The summed E-state index contributed by atoms with van der Waals surface area (Å²) in [6.45, 7) is 6.50. The summed E-state index contributed by atoms with van der Waals surface area (Å²) in [4.78, 5) is 11.5. The maximum absolute atomic E-state index is 11.5. The van der Waals surface area contributed by atoms with Crippen molar-refractivity contribution in [2.75, 3.05) is 6.61 Å². The minimum atomic E-state index is 0.0476. The van der Waals surface area contributed by atoms with E-state index in [-0.39, 0.29) is 11.9 Å². The van der Waals surface area contributed by atoms with Crippen LogP contribution >= 0.6 is 0 Å². The SMILES string of the molecule is CC[C@@H](C)NC(=O)CCOc1ccc(C)cc1. The first kappa shape index (κ1) is 13.6. The molecule has 0 saturated heterocycles. The number of amides is 1. The van der Waals surface area contributed by atoms with Crippen LogP contribution in [0.1, 0.15) is 32.3 Å². The Bertz CT molecular complexity index is 346. The van der Waals surface area contributed by atoms with Gasteiger partial charge in [0.05, 0.1) is 13.0 Å². The van der Waals surface area contributed by atoms with E-state index in [1.807, 2.05) is 45.0 Å². The highest BCUT2D eigenvalue weighted by atomic mass is 16.5. The molecule has 0 radical (unpaired) electrons. The molecule has 17 heavy (non-hydrogen) atoms. The minimum absolute atomic E-state index is 0.0476. The molecule has 1 aromatic rings. The smallest absolute Gasteiger partial charge is 0.223 e. The van der Waals surface area contributed by atoms with Crippen molar-refractivity contribution in [3.05, 3.63) is 29.8 Å². The molecule has 1 amide bonds. The molecule has 0 unspecified atom stereocenters. The van der Waals surface area contributed by atoms with Gasteiger partial charge in [0.15, 0.2) is 0 Å². The van der Waals surface area contributed by atoms with Gasteiger partial charge >= 0.3 is 0 Å². The molecule has 0 aliphatic heterocycles. The zero-order valence-corrected chi connectivity index (χ0v) is 10.8. The summed E-state index contributed by atoms with van der Waals surface area (Å²) in [5.41, 5.74) is 1.20. The maximum atomic E-state index is 11.5. The molecular formula is C14H21NO2. The van der Waals surface area contributed by atoms with Gasteiger partial charge in [-0.05, 0) is 32.4 Å². The van der Waals surface area contributed by atoms with E-state index in [4.69, 9.17) is 4.74 Å². The predicted octanol–water partition coefficient (Wildman–Crippen LogP) is 2.68. The monoisotopic (exact) mass is 235 g/mol. The molecule has 0 aliphatic carbocycles. The highest BCUT2D eigenvalue weighted by Gasteiger charge is 2.05. The number of hydrogen-bond acceptors (Lipinski definition) is 2. The van der Waals surface area contributed by atoms with Crippen LogP contribution in [-0.2, 0) is 4.79 Å². The fourth-order valence-electron chi connectivity index (χ4n) is 1.35. The Morgan fingerprint density at radius 2 is 2.00 bits per heavy atom. The van der Waals surface area contributed by atoms with Gasteiger partial charge in [0, 0.05) is 6.04 Å². The first-order chi connectivity index (χ1) is 8.11. The molecule has 3 heteroatoms. The highest BCUT2D eigenvalue weighted by molar-refractivity contribution is 5.76. The molecule has 0 aromatic heterocycles. The number of carbonyl (C=O) groups is 1. The minimum Gasteiger partial charge on any atom is -0.493 e. The van der Waals surface area contributed by atoms with E-state index in [1.54, 1.807) is 0 Å². The van der Waals surface area contributed by atoms with Gasteiger partial charge in [-0.25, -0.2) is 0 Å². The molecule has 1 aromatic carbocycles. The van der Waals surface area contributed by atoms with Crippen molar-refractivity contribution in [2.24, 2.45) is 0 Å². The molecule has 3 nitrogen and oxygen atoms in total. The third kappa shape index (κ3) is 5.38. The van der Waals surface area contributed by atoms with Crippen molar-refractivity contribution in [2.45, 2.75) is 39.7 Å². The van der Waals surface area contributed by atoms with Crippen LogP contribution in [0.15, 0.2) is 24.3 Å². The third-order valence-corrected chi connectivity index (χ3v) is 2.64. The van der Waals surface area contributed by atoms with E-state index in [2.05, 4.69) is 5.32 Å². The second kappa shape index (κ2) is 6.94. The zero-order chi connectivity index (χ0) is 12.7. The normalized spacial score (nSPS) is 11.9. The molecule has 1 N–H and O–H groups in total. The van der Waals surface area contributed by atoms with Gasteiger partial charge in [-0.15, -0.1) is 0 Å². The Hall–Kier alpha value is -1.51. The van der Waals surface area contributed by atoms with E-state index < -0.39 is 0 Å². The second-order valence-corrected chi connectivity index (χ2v) is 4.29. The molecule has 0 aliphatic rings. The van der Waals surface area contributed by atoms with Crippen LogP contribution < -0.4 is 10.1 Å². The van der Waals surface area contributed by atoms with E-state index in [0.29, 0.717) is 13.0 Å². The fourth-order valence-corrected chi connectivity index (χ4v) is 1.35. The lowest BCUT2D eigenvalue weighted by Gasteiger charge is -2.11. The molecule has 0 heterocycles. The van der Waals surface area contributed by atoms with Crippen LogP contribution in [0.3, 0.4) is 0 Å². The van der Waals surface area contributed by atoms with Crippen molar-refractivity contribution in [3.8, 4) is 5.75 Å². The lowest BCUT2D eigenvalue weighted by atomic mass is 10.2. The third-order valence-electron chi connectivity index (χ3n) is 2.64. The number of hydrogen-bond donors (Lipinski definition) is 1. The van der Waals surface area contributed by atoms with E-state index >= 15 is 0 Å². The van der Waals surface area contributed by atoms with Gasteiger partial charge in [-0.2, -0.15) is 0 Å². The fraction of sp³-hybridized carbons (Fsp3) is 0.500. The number of nitrogens with one attached hydrogen (secondary N) is 1. The van der Waals surface area contributed by atoms with Crippen LogP contribution in [-0.4, -0.2) is 18.6 Å². The summed E-state index contributed by atoms with van der Waals surface area (Å²) in [6.07, 6.45) is 1.35. The molecule has 94 valence electrons. The number of rotatable bonds is 6. The van der Waals surface area contributed by atoms with Crippen LogP contribution in [0.2, 0.25) is 0 Å². The summed E-state index contributed by atoms with van der Waals surface area (Å²) in [5.74, 6) is 0.860. The molecule has 0 bridgehead atoms. The Labute approximate surface area is 103 Å². The van der Waals surface area contributed by atoms with Crippen molar-refractivity contribution in [1.29, 1.82) is 0 Å². The first-order valence-electron chi connectivity index (χ1n) is 6.10. The van der Waals surface area contributed by atoms with E-state index in [9.17, 15) is 4.79 Å². The highest BCUT2D eigenvalue weighted by Crippen LogP contribution is 2.11. The second-order valence-electron chi connectivity index (χ2n) is 4.29. The number of ether oxygens (including phenoxy) is 1. The lowest BCUT2D eigenvalue weighted by molar-refractivity contribution is -0.122. The Kier molecular flexibility index (Phi) is 5.53. The molecule has 0 fully saturated rings. The average molecular weight is 235 g/mol. The predicted molar refractivity (Wildman–Crippen MR) is 69.2 cm³/mol. The van der Waals surface area contributed by atoms with Crippen LogP contribution in [0, 0.1) is 6.92 Å². The van der Waals surface area contributed by atoms with E-state index in [1.165, 1.54) is 5.56 Å². The number of aryl methyl sites for hydroxylation is 1. The Morgan fingerprint density at radius 3 is 2.59 bits per heavy atom. The van der Waals surface area contributed by atoms with Crippen molar-refractivity contribution >= 4 is 5.91 Å². The van der Waals surface area contributed by atoms with Gasteiger partial charge in [-0.3, -0.25) is 4.79 Å². The summed E-state index contributed by atoms with van der Waals surface area (Å²) >= 11 is 0. The van der Waals surface area contributed by atoms with Crippen molar-refractivity contribution in [3.63, 3.8) is 0 Å². The summed E-state index contributed by atoms with van der Waals surface area (Å²) in [6, 6.07) is 8.06. The molecule has 1 atom stereocenters. The summed E-state index contributed by atoms with van der Waals surface area (Å²) < 4.78 is 5.49. The van der Waals surface area contributed by atoms with E-state index in [0.717, 1.165) is 12.2 Å². The molecular weight excluding hydrogens is 214 g/mol. The van der Waals surface area contributed by atoms with Crippen molar-refractivity contribution < 1.29 is 9.53 Å². The van der Waals surface area contributed by atoms with Gasteiger partial charge in [0.1, 0.15) is 5.75 Å². The topological polar surface area (TPSA) is 38.3 Å². The van der Waals surface area contributed by atoms with Crippen LogP contribution in [0.4, 0.5) is 0 Å². The maximum Gasteiger partial charge on any atom is 0.223 e. The zero-order valence-electron chi connectivity index (χ0n) is 10.8. The average Bonchev–Trinajstić information content (AvgIpc) is 2.31. The van der Waals surface area contributed by atoms with Gasteiger partial charge in [0.2, 0.25) is 5.91 Å². The Morgan fingerprint density at radius 1 is 1.35 bits per heavy atom. The van der Waals surface area contributed by atoms with Gasteiger partial charge in [0.25, 0.3) is 0 Å². The van der Waals surface area contributed by atoms with Crippen molar-refractivity contribution in [1.82, 2.24) is 5.32 Å².